The quantitative estimate of drug-likeness (QED) is 0.535. The number of benzene rings is 2. The number of fused-ring (bicyclic) bond motifs is 1. The van der Waals surface area contributed by atoms with Crippen LogP contribution in [-0.4, -0.2) is 5.78 Å². The Labute approximate surface area is 143 Å². The molecule has 22 heavy (non-hydrogen) atoms. The van der Waals surface area contributed by atoms with E-state index in [0.717, 1.165) is 4.47 Å². The van der Waals surface area contributed by atoms with Crippen molar-refractivity contribution in [3.8, 4) is 11.3 Å². The second-order valence-electron chi connectivity index (χ2n) is 4.80. The first-order valence-corrected chi connectivity index (χ1v) is 8.10. The molecule has 0 bridgehead atoms. The minimum Gasteiger partial charge on any atom is -0.454 e. The van der Waals surface area contributed by atoms with Crippen LogP contribution in [0.5, 0.6) is 0 Å². The molecule has 0 aliphatic rings. The van der Waals surface area contributed by atoms with E-state index in [-0.39, 0.29) is 16.8 Å². The van der Waals surface area contributed by atoms with Crippen molar-refractivity contribution in [1.82, 2.24) is 0 Å². The Morgan fingerprint density at radius 1 is 1.05 bits per heavy atom. The number of rotatable bonds is 2. The Balaban J connectivity index is 2.50. The zero-order valence-electron chi connectivity index (χ0n) is 11.5. The van der Waals surface area contributed by atoms with Crippen LogP contribution in [0, 0.1) is 0 Å². The predicted octanol–water partition coefficient (Wildman–Crippen LogP) is 5.19. The van der Waals surface area contributed by atoms with E-state index in [1.807, 2.05) is 30.3 Å². The van der Waals surface area contributed by atoms with Crippen LogP contribution < -0.4 is 5.43 Å². The molecule has 0 saturated heterocycles. The van der Waals surface area contributed by atoms with Gasteiger partial charge in [0.05, 0.1) is 9.86 Å². The van der Waals surface area contributed by atoms with Crippen LogP contribution in [0.2, 0.25) is 0 Å². The third kappa shape index (κ3) is 2.44. The molecule has 0 N–H and O–H groups in total. The van der Waals surface area contributed by atoms with E-state index in [1.54, 1.807) is 12.1 Å². The van der Waals surface area contributed by atoms with Crippen molar-refractivity contribution >= 4 is 48.6 Å². The molecule has 0 radical (unpaired) electrons. The lowest BCUT2D eigenvalue weighted by molar-refractivity contribution is 0.101. The van der Waals surface area contributed by atoms with Gasteiger partial charge < -0.3 is 4.42 Å². The molecule has 5 heteroatoms. The Kier molecular flexibility index (Phi) is 4.02. The number of ketones is 1. The van der Waals surface area contributed by atoms with E-state index in [4.69, 9.17) is 4.42 Å². The summed E-state index contributed by atoms with van der Waals surface area (Å²) in [5.74, 6) is -0.0158. The standard InChI is InChI=1S/C17H10Br2O3/c1-9(20)13-15(21)11-7-8-12(18)14(19)17(11)22-16(13)10-5-3-2-4-6-10/h2-8H,1H3. The first kappa shape index (κ1) is 15.2. The molecule has 1 aromatic heterocycles. The summed E-state index contributed by atoms with van der Waals surface area (Å²) in [7, 11) is 0. The minimum absolute atomic E-state index is 0.0768. The van der Waals surface area contributed by atoms with E-state index >= 15 is 0 Å². The van der Waals surface area contributed by atoms with E-state index in [0.29, 0.717) is 26.8 Å². The fourth-order valence-corrected chi connectivity index (χ4v) is 3.05. The number of hydrogen-bond donors (Lipinski definition) is 0. The zero-order chi connectivity index (χ0) is 15.9. The highest BCUT2D eigenvalue weighted by Gasteiger charge is 2.21. The van der Waals surface area contributed by atoms with E-state index in [2.05, 4.69) is 31.9 Å². The Hall–Kier alpha value is -1.72. The molecule has 3 rings (SSSR count). The van der Waals surface area contributed by atoms with Crippen LogP contribution in [0.25, 0.3) is 22.3 Å². The number of carbonyl (C=O) groups excluding carboxylic acids is 1. The highest BCUT2D eigenvalue weighted by Crippen LogP contribution is 2.34. The number of halogens is 2. The number of Topliss-reactive ketones (excluding diaryl/α,β-unsaturated/α-hetero) is 1. The fraction of sp³-hybridized carbons (Fsp3) is 0.0588. The van der Waals surface area contributed by atoms with Crippen molar-refractivity contribution in [3.63, 3.8) is 0 Å². The van der Waals surface area contributed by atoms with Gasteiger partial charge in [0.2, 0.25) is 5.43 Å². The Bertz CT molecular complexity index is 944. The van der Waals surface area contributed by atoms with Gasteiger partial charge in [-0.15, -0.1) is 0 Å². The maximum atomic E-state index is 12.7. The summed E-state index contributed by atoms with van der Waals surface area (Å²) >= 11 is 6.81. The third-order valence-corrected chi connectivity index (χ3v) is 5.32. The van der Waals surface area contributed by atoms with Crippen molar-refractivity contribution in [3.05, 3.63) is 67.2 Å². The van der Waals surface area contributed by atoms with Gasteiger partial charge in [0.15, 0.2) is 11.4 Å². The van der Waals surface area contributed by atoms with Gasteiger partial charge >= 0.3 is 0 Å². The lowest BCUT2D eigenvalue weighted by Gasteiger charge is -2.09. The van der Waals surface area contributed by atoms with Crippen molar-refractivity contribution in [2.75, 3.05) is 0 Å². The second kappa shape index (κ2) is 5.82. The second-order valence-corrected chi connectivity index (χ2v) is 6.44. The smallest absolute Gasteiger partial charge is 0.204 e. The molecule has 0 atom stereocenters. The van der Waals surface area contributed by atoms with Gasteiger partial charge in [-0.05, 0) is 50.9 Å². The lowest BCUT2D eigenvalue weighted by atomic mass is 10.0. The molecule has 0 aliphatic heterocycles. The molecule has 0 aliphatic carbocycles. The first-order chi connectivity index (χ1) is 10.5. The normalized spacial score (nSPS) is 10.9. The summed E-state index contributed by atoms with van der Waals surface area (Å²) in [6, 6.07) is 12.5. The monoisotopic (exact) mass is 420 g/mol. The van der Waals surface area contributed by atoms with Crippen LogP contribution in [0.1, 0.15) is 17.3 Å². The summed E-state index contributed by atoms with van der Waals surface area (Å²) in [5, 5.41) is 0.375. The van der Waals surface area contributed by atoms with Crippen molar-refractivity contribution in [2.24, 2.45) is 0 Å². The molecule has 3 nitrogen and oxygen atoms in total. The SMILES string of the molecule is CC(=O)c1c(-c2ccccc2)oc2c(Br)c(Br)ccc2c1=O. The fourth-order valence-electron chi connectivity index (χ4n) is 2.31. The largest absolute Gasteiger partial charge is 0.454 e. The maximum Gasteiger partial charge on any atom is 0.204 e. The molecule has 3 aromatic rings. The molecule has 2 aromatic carbocycles. The molecule has 0 spiro atoms. The minimum atomic E-state index is -0.319. The highest BCUT2D eigenvalue weighted by molar-refractivity contribution is 9.13. The Morgan fingerprint density at radius 3 is 2.36 bits per heavy atom. The summed E-state index contributed by atoms with van der Waals surface area (Å²) in [4.78, 5) is 24.7. The molecule has 1 heterocycles. The van der Waals surface area contributed by atoms with Crippen molar-refractivity contribution in [2.45, 2.75) is 6.92 Å². The average Bonchev–Trinajstić information content (AvgIpc) is 2.51. The van der Waals surface area contributed by atoms with Gasteiger partial charge in [-0.1, -0.05) is 30.3 Å². The van der Waals surface area contributed by atoms with E-state index in [9.17, 15) is 9.59 Å². The van der Waals surface area contributed by atoms with Crippen molar-refractivity contribution < 1.29 is 9.21 Å². The molecular weight excluding hydrogens is 412 g/mol. The molecule has 0 saturated carbocycles. The van der Waals surface area contributed by atoms with Gasteiger partial charge in [-0.3, -0.25) is 9.59 Å². The van der Waals surface area contributed by atoms with Crippen molar-refractivity contribution in [1.29, 1.82) is 0 Å². The lowest BCUT2D eigenvalue weighted by Crippen LogP contribution is -2.15. The van der Waals surface area contributed by atoms with Gasteiger partial charge in [0.25, 0.3) is 0 Å². The van der Waals surface area contributed by atoms with Gasteiger partial charge in [0, 0.05) is 10.0 Å². The third-order valence-electron chi connectivity index (χ3n) is 3.34. The van der Waals surface area contributed by atoms with E-state index in [1.165, 1.54) is 6.92 Å². The first-order valence-electron chi connectivity index (χ1n) is 6.52. The summed E-state index contributed by atoms with van der Waals surface area (Å²) < 4.78 is 7.36. The van der Waals surface area contributed by atoms with Crippen LogP contribution in [0.4, 0.5) is 0 Å². The average molecular weight is 422 g/mol. The van der Waals surface area contributed by atoms with Crippen LogP contribution >= 0.6 is 31.9 Å². The van der Waals surface area contributed by atoms with Gasteiger partial charge in [-0.25, -0.2) is 0 Å². The molecule has 0 fully saturated rings. The van der Waals surface area contributed by atoms with Crippen LogP contribution in [-0.2, 0) is 0 Å². The number of carbonyl (C=O) groups is 1. The van der Waals surface area contributed by atoms with Gasteiger partial charge in [0.1, 0.15) is 11.3 Å². The molecular formula is C17H10Br2O3. The molecule has 110 valence electrons. The van der Waals surface area contributed by atoms with Gasteiger partial charge in [-0.2, -0.15) is 0 Å². The predicted molar refractivity (Wildman–Crippen MR) is 93.3 cm³/mol. The topological polar surface area (TPSA) is 47.3 Å². The molecule has 0 amide bonds. The summed E-state index contributed by atoms with van der Waals surface area (Å²) in [6.07, 6.45) is 0. The zero-order valence-corrected chi connectivity index (χ0v) is 14.7. The van der Waals surface area contributed by atoms with Crippen LogP contribution in [0.15, 0.2) is 60.6 Å². The molecule has 0 unspecified atom stereocenters. The highest BCUT2D eigenvalue weighted by atomic mass is 79.9. The maximum absolute atomic E-state index is 12.7. The van der Waals surface area contributed by atoms with E-state index < -0.39 is 0 Å². The summed E-state index contributed by atoms with van der Waals surface area (Å²) in [5.41, 5.74) is 0.871. The number of hydrogen-bond acceptors (Lipinski definition) is 3. The Morgan fingerprint density at radius 2 is 1.73 bits per heavy atom. The van der Waals surface area contributed by atoms with Crippen LogP contribution in [0.3, 0.4) is 0 Å². The summed E-state index contributed by atoms with van der Waals surface area (Å²) in [6.45, 7) is 1.37.